The van der Waals surface area contributed by atoms with Gasteiger partial charge in [0.05, 0.1) is 11.4 Å². The van der Waals surface area contributed by atoms with Gasteiger partial charge in [-0.3, -0.25) is 11.3 Å². The zero-order valence-corrected chi connectivity index (χ0v) is 14.0. The predicted molar refractivity (Wildman–Crippen MR) is 88.8 cm³/mol. The van der Waals surface area contributed by atoms with Crippen molar-refractivity contribution >= 4 is 0 Å². The van der Waals surface area contributed by atoms with Crippen molar-refractivity contribution in [1.29, 1.82) is 0 Å². The number of hydrogen-bond acceptors (Lipinski definition) is 4. The van der Waals surface area contributed by atoms with Crippen molar-refractivity contribution in [3.8, 4) is 0 Å². The highest BCUT2D eigenvalue weighted by atomic mass is 15.2. The molecule has 0 aliphatic carbocycles. The molecule has 4 heteroatoms. The molecule has 0 aromatic carbocycles. The number of nitrogens with one attached hydrogen (secondary N) is 1. The van der Waals surface area contributed by atoms with E-state index in [4.69, 9.17) is 5.84 Å². The number of hydrogen-bond donors (Lipinski definition) is 2. The Morgan fingerprint density at radius 3 is 2.33 bits per heavy atom. The van der Waals surface area contributed by atoms with Crippen molar-refractivity contribution in [3.05, 3.63) is 23.0 Å². The maximum Gasteiger partial charge on any atom is 0.0676 e. The topological polar surface area (TPSA) is 63.8 Å². The summed E-state index contributed by atoms with van der Waals surface area (Å²) in [5.74, 6) is 5.76. The van der Waals surface area contributed by atoms with Crippen molar-refractivity contribution in [2.45, 2.75) is 84.6 Å². The molecule has 0 radical (unpaired) electrons. The van der Waals surface area contributed by atoms with E-state index >= 15 is 0 Å². The van der Waals surface area contributed by atoms with Gasteiger partial charge >= 0.3 is 0 Å². The first-order chi connectivity index (χ1) is 10.2. The molecule has 21 heavy (non-hydrogen) atoms. The predicted octanol–water partition coefficient (Wildman–Crippen LogP) is 3.99. The minimum Gasteiger partial charge on any atom is -0.271 e. The molecule has 0 spiro atoms. The number of nitrogens with zero attached hydrogens (tertiary/aromatic N) is 2. The molecule has 1 aromatic heterocycles. The summed E-state index contributed by atoms with van der Waals surface area (Å²) < 4.78 is 0. The molecule has 120 valence electrons. The van der Waals surface area contributed by atoms with E-state index in [9.17, 15) is 0 Å². The van der Waals surface area contributed by atoms with Crippen molar-refractivity contribution < 1.29 is 0 Å². The average molecular weight is 292 g/mol. The highest BCUT2D eigenvalue weighted by Gasteiger charge is 2.14. The van der Waals surface area contributed by atoms with Crippen LogP contribution in [0.25, 0.3) is 0 Å². The SMILES string of the molecule is CCCCCCCCCC(NN)c1cc(C)nnc1CC. The maximum absolute atomic E-state index is 5.76. The van der Waals surface area contributed by atoms with E-state index < -0.39 is 0 Å². The lowest BCUT2D eigenvalue weighted by Gasteiger charge is -2.18. The van der Waals surface area contributed by atoms with Gasteiger partial charge in [0.2, 0.25) is 0 Å². The van der Waals surface area contributed by atoms with Crippen LogP contribution < -0.4 is 11.3 Å². The molecule has 1 rings (SSSR count). The summed E-state index contributed by atoms with van der Waals surface area (Å²) in [5.41, 5.74) is 6.21. The number of rotatable bonds is 11. The van der Waals surface area contributed by atoms with Crippen molar-refractivity contribution in [2.24, 2.45) is 5.84 Å². The molecule has 1 atom stereocenters. The first-order valence-electron chi connectivity index (χ1n) is 8.52. The quantitative estimate of drug-likeness (QED) is 0.368. The molecule has 4 nitrogen and oxygen atoms in total. The number of nitrogens with two attached hydrogens (primary N) is 1. The zero-order valence-electron chi connectivity index (χ0n) is 14.0. The summed E-state index contributed by atoms with van der Waals surface area (Å²) in [6.45, 7) is 6.36. The van der Waals surface area contributed by atoms with Crippen molar-refractivity contribution in [3.63, 3.8) is 0 Å². The lowest BCUT2D eigenvalue weighted by Crippen LogP contribution is -2.29. The molecule has 1 heterocycles. The van der Waals surface area contributed by atoms with Crippen LogP contribution in [0.3, 0.4) is 0 Å². The van der Waals surface area contributed by atoms with Gasteiger partial charge < -0.3 is 0 Å². The molecule has 1 unspecified atom stereocenters. The summed E-state index contributed by atoms with van der Waals surface area (Å²) in [5, 5.41) is 8.45. The number of hydrazine groups is 1. The summed E-state index contributed by atoms with van der Waals surface area (Å²) in [4.78, 5) is 0. The summed E-state index contributed by atoms with van der Waals surface area (Å²) in [6, 6.07) is 2.32. The van der Waals surface area contributed by atoms with Crippen LogP contribution in [0.5, 0.6) is 0 Å². The molecule has 0 aliphatic rings. The number of unbranched alkanes of at least 4 members (excludes halogenated alkanes) is 6. The Kier molecular flexibility index (Phi) is 9.19. The van der Waals surface area contributed by atoms with Crippen LogP contribution in [-0.2, 0) is 6.42 Å². The second kappa shape index (κ2) is 10.7. The van der Waals surface area contributed by atoms with Gasteiger partial charge in [0, 0.05) is 6.04 Å². The smallest absolute Gasteiger partial charge is 0.0676 e. The van der Waals surface area contributed by atoms with Gasteiger partial charge in [-0.2, -0.15) is 10.2 Å². The second-order valence-corrected chi connectivity index (χ2v) is 5.87. The number of aryl methyl sites for hydroxylation is 2. The van der Waals surface area contributed by atoms with Crippen LogP contribution in [0, 0.1) is 6.92 Å². The van der Waals surface area contributed by atoms with Crippen LogP contribution in [0.1, 0.15) is 88.2 Å². The van der Waals surface area contributed by atoms with Gasteiger partial charge in [-0.25, -0.2) is 0 Å². The fourth-order valence-corrected chi connectivity index (χ4v) is 2.74. The largest absolute Gasteiger partial charge is 0.271 e. The van der Waals surface area contributed by atoms with E-state index in [-0.39, 0.29) is 6.04 Å². The van der Waals surface area contributed by atoms with E-state index in [1.165, 1.54) is 50.5 Å². The highest BCUT2D eigenvalue weighted by molar-refractivity contribution is 5.24. The van der Waals surface area contributed by atoms with Crippen LogP contribution >= 0.6 is 0 Å². The van der Waals surface area contributed by atoms with Crippen LogP contribution in [0.2, 0.25) is 0 Å². The molecule has 0 saturated heterocycles. The first-order valence-corrected chi connectivity index (χ1v) is 8.52. The van der Waals surface area contributed by atoms with Gasteiger partial charge in [-0.1, -0.05) is 58.8 Å². The van der Waals surface area contributed by atoms with Crippen LogP contribution in [0.4, 0.5) is 0 Å². The minimum absolute atomic E-state index is 0.199. The fraction of sp³-hybridized carbons (Fsp3) is 0.765. The Morgan fingerprint density at radius 1 is 1.05 bits per heavy atom. The molecular formula is C17H32N4. The lowest BCUT2D eigenvalue weighted by atomic mass is 9.97. The Balaban J connectivity index is 2.42. The van der Waals surface area contributed by atoms with E-state index in [0.717, 1.165) is 24.2 Å². The molecule has 3 N–H and O–H groups in total. The highest BCUT2D eigenvalue weighted by Crippen LogP contribution is 2.22. The van der Waals surface area contributed by atoms with E-state index in [1.54, 1.807) is 0 Å². The third-order valence-electron chi connectivity index (χ3n) is 4.03. The molecule has 0 fully saturated rings. The molecule has 1 aromatic rings. The lowest BCUT2D eigenvalue weighted by molar-refractivity contribution is 0.470. The Bertz CT molecular complexity index is 392. The molecule has 0 saturated carbocycles. The summed E-state index contributed by atoms with van der Waals surface area (Å²) >= 11 is 0. The van der Waals surface area contributed by atoms with E-state index in [1.807, 2.05) is 6.92 Å². The van der Waals surface area contributed by atoms with Crippen LogP contribution in [-0.4, -0.2) is 10.2 Å². The average Bonchev–Trinajstić information content (AvgIpc) is 2.50. The van der Waals surface area contributed by atoms with Gasteiger partial charge in [0.15, 0.2) is 0 Å². The zero-order chi connectivity index (χ0) is 15.5. The normalized spacial score (nSPS) is 12.6. The molecular weight excluding hydrogens is 260 g/mol. The van der Waals surface area contributed by atoms with Gasteiger partial charge in [-0.05, 0) is 31.4 Å². The Hall–Kier alpha value is -1.00. The minimum atomic E-state index is 0.199. The Morgan fingerprint density at radius 2 is 1.71 bits per heavy atom. The van der Waals surface area contributed by atoms with Crippen LogP contribution in [0.15, 0.2) is 6.07 Å². The molecule has 0 bridgehead atoms. The Labute approximate surface area is 129 Å². The second-order valence-electron chi connectivity index (χ2n) is 5.87. The van der Waals surface area contributed by atoms with Crippen molar-refractivity contribution in [2.75, 3.05) is 0 Å². The molecule has 0 aliphatic heterocycles. The standard InChI is InChI=1S/C17H32N4/c1-4-6-7-8-9-10-11-12-17(19-18)15-13-14(3)20-21-16(15)5-2/h13,17,19H,4-12,18H2,1-3H3. The third kappa shape index (κ3) is 6.53. The van der Waals surface area contributed by atoms with Gasteiger partial charge in [-0.15, -0.1) is 0 Å². The first kappa shape index (κ1) is 18.1. The summed E-state index contributed by atoms with van der Waals surface area (Å²) in [6.07, 6.45) is 11.2. The third-order valence-corrected chi connectivity index (χ3v) is 4.03. The summed E-state index contributed by atoms with van der Waals surface area (Å²) in [7, 11) is 0. The van der Waals surface area contributed by atoms with Crippen molar-refractivity contribution in [1.82, 2.24) is 15.6 Å². The monoisotopic (exact) mass is 292 g/mol. The maximum atomic E-state index is 5.76. The van der Waals surface area contributed by atoms with Gasteiger partial charge in [0.1, 0.15) is 0 Å². The van der Waals surface area contributed by atoms with Gasteiger partial charge in [0.25, 0.3) is 0 Å². The van der Waals surface area contributed by atoms with E-state index in [0.29, 0.717) is 0 Å². The molecule has 0 amide bonds. The number of aromatic nitrogens is 2. The fourth-order valence-electron chi connectivity index (χ4n) is 2.74. The van der Waals surface area contributed by atoms with E-state index in [2.05, 4.69) is 35.5 Å².